The van der Waals surface area contributed by atoms with Crippen LogP contribution in [-0.2, 0) is 17.9 Å². The van der Waals surface area contributed by atoms with E-state index in [2.05, 4.69) is 0 Å². The standard InChI is InChI=1S/C20H23NO2/c1-13(2)20(23)21-11-17-9-8-16(10-18(17)12-21)19(22)15-6-4-14(3)5-7-15/h4-10,13,19,22H,11-12H2,1-3H3. The highest BCUT2D eigenvalue weighted by Gasteiger charge is 2.25. The minimum Gasteiger partial charge on any atom is -0.384 e. The first-order valence-corrected chi connectivity index (χ1v) is 8.11. The van der Waals surface area contributed by atoms with E-state index in [0.717, 1.165) is 16.7 Å². The number of aliphatic hydroxyl groups is 1. The van der Waals surface area contributed by atoms with Crippen LogP contribution in [0.4, 0.5) is 0 Å². The molecule has 0 aromatic heterocycles. The number of rotatable bonds is 3. The van der Waals surface area contributed by atoms with E-state index in [0.29, 0.717) is 13.1 Å². The number of aliphatic hydroxyl groups excluding tert-OH is 1. The van der Waals surface area contributed by atoms with Crippen molar-refractivity contribution in [2.24, 2.45) is 5.92 Å². The summed E-state index contributed by atoms with van der Waals surface area (Å²) in [6.45, 7) is 7.20. The second kappa shape index (κ2) is 6.17. The normalized spacial score (nSPS) is 14.9. The Balaban J connectivity index is 1.82. The second-order valence-corrected chi connectivity index (χ2v) is 6.69. The highest BCUT2D eigenvalue weighted by Crippen LogP contribution is 2.29. The van der Waals surface area contributed by atoms with Crippen molar-refractivity contribution in [3.05, 3.63) is 70.3 Å². The number of nitrogens with zero attached hydrogens (tertiary/aromatic N) is 1. The molecule has 1 N–H and O–H groups in total. The first-order valence-electron chi connectivity index (χ1n) is 8.11. The molecule has 1 amide bonds. The fourth-order valence-corrected chi connectivity index (χ4v) is 3.05. The number of hydrogen-bond acceptors (Lipinski definition) is 2. The summed E-state index contributed by atoms with van der Waals surface area (Å²) in [5, 5.41) is 10.6. The third-order valence-electron chi connectivity index (χ3n) is 4.47. The van der Waals surface area contributed by atoms with Crippen molar-refractivity contribution >= 4 is 5.91 Å². The van der Waals surface area contributed by atoms with Crippen molar-refractivity contribution in [2.45, 2.75) is 40.0 Å². The lowest BCUT2D eigenvalue weighted by Crippen LogP contribution is -2.29. The molecular formula is C20H23NO2. The summed E-state index contributed by atoms with van der Waals surface area (Å²) in [5.41, 5.74) is 5.27. The van der Waals surface area contributed by atoms with Crippen molar-refractivity contribution in [3.8, 4) is 0 Å². The Morgan fingerprint density at radius 1 is 1.00 bits per heavy atom. The Labute approximate surface area is 137 Å². The maximum atomic E-state index is 12.2. The minimum atomic E-state index is -0.629. The summed E-state index contributed by atoms with van der Waals surface area (Å²) in [6.07, 6.45) is -0.629. The Kier molecular flexibility index (Phi) is 4.22. The van der Waals surface area contributed by atoms with Crippen LogP contribution in [0.3, 0.4) is 0 Å². The fourth-order valence-electron chi connectivity index (χ4n) is 3.05. The third-order valence-corrected chi connectivity index (χ3v) is 4.47. The molecule has 3 rings (SSSR count). The Morgan fingerprint density at radius 3 is 2.26 bits per heavy atom. The van der Waals surface area contributed by atoms with Crippen LogP contribution < -0.4 is 0 Å². The number of carbonyl (C=O) groups excluding carboxylic acids is 1. The molecule has 1 aliphatic rings. The molecule has 1 aliphatic heterocycles. The molecule has 2 aromatic carbocycles. The van der Waals surface area contributed by atoms with Gasteiger partial charge in [0, 0.05) is 19.0 Å². The SMILES string of the molecule is Cc1ccc(C(O)c2ccc3c(c2)CN(C(=O)C(C)C)C3)cc1. The zero-order valence-corrected chi connectivity index (χ0v) is 13.9. The van der Waals surface area contributed by atoms with Crippen LogP contribution in [0, 0.1) is 12.8 Å². The van der Waals surface area contributed by atoms with Crippen LogP contribution in [0.2, 0.25) is 0 Å². The van der Waals surface area contributed by atoms with E-state index in [1.807, 2.05) is 68.1 Å². The van der Waals surface area contributed by atoms with Crippen molar-refractivity contribution in [2.75, 3.05) is 0 Å². The van der Waals surface area contributed by atoms with Crippen molar-refractivity contribution in [3.63, 3.8) is 0 Å². The van der Waals surface area contributed by atoms with Gasteiger partial charge in [-0.2, -0.15) is 0 Å². The van der Waals surface area contributed by atoms with Crippen LogP contribution in [0.1, 0.15) is 47.8 Å². The Morgan fingerprint density at radius 2 is 1.61 bits per heavy atom. The first kappa shape index (κ1) is 15.8. The lowest BCUT2D eigenvalue weighted by atomic mass is 9.97. The van der Waals surface area contributed by atoms with Gasteiger partial charge in [0.05, 0.1) is 0 Å². The Bertz CT molecular complexity index is 719. The van der Waals surface area contributed by atoms with Gasteiger partial charge >= 0.3 is 0 Å². The van der Waals surface area contributed by atoms with Gasteiger partial charge < -0.3 is 10.0 Å². The lowest BCUT2D eigenvalue weighted by molar-refractivity contribution is -0.135. The quantitative estimate of drug-likeness (QED) is 0.941. The van der Waals surface area contributed by atoms with Gasteiger partial charge in [0.15, 0.2) is 0 Å². The van der Waals surface area contributed by atoms with Crippen LogP contribution in [-0.4, -0.2) is 15.9 Å². The summed E-state index contributed by atoms with van der Waals surface area (Å²) in [7, 11) is 0. The molecule has 1 unspecified atom stereocenters. The molecule has 2 aromatic rings. The van der Waals surface area contributed by atoms with Gasteiger partial charge in [0.1, 0.15) is 6.10 Å². The van der Waals surface area contributed by atoms with E-state index in [1.54, 1.807) is 0 Å². The van der Waals surface area contributed by atoms with E-state index >= 15 is 0 Å². The van der Waals surface area contributed by atoms with Crippen LogP contribution in [0.15, 0.2) is 42.5 Å². The van der Waals surface area contributed by atoms with Gasteiger partial charge in [-0.05, 0) is 29.2 Å². The van der Waals surface area contributed by atoms with Crippen LogP contribution >= 0.6 is 0 Å². The molecule has 0 spiro atoms. The number of hydrogen-bond donors (Lipinski definition) is 1. The van der Waals surface area contributed by atoms with Crippen molar-refractivity contribution in [1.82, 2.24) is 4.90 Å². The summed E-state index contributed by atoms with van der Waals surface area (Å²) in [4.78, 5) is 14.0. The molecule has 3 heteroatoms. The van der Waals surface area contributed by atoms with E-state index < -0.39 is 6.10 Å². The second-order valence-electron chi connectivity index (χ2n) is 6.69. The predicted octanol–water partition coefficient (Wildman–Crippen LogP) is 3.57. The largest absolute Gasteiger partial charge is 0.384 e. The van der Waals surface area contributed by atoms with Gasteiger partial charge in [-0.1, -0.05) is 61.9 Å². The molecule has 1 heterocycles. The predicted molar refractivity (Wildman–Crippen MR) is 90.8 cm³/mol. The maximum Gasteiger partial charge on any atom is 0.225 e. The summed E-state index contributed by atoms with van der Waals surface area (Å²) < 4.78 is 0. The average molecular weight is 309 g/mol. The zero-order chi connectivity index (χ0) is 16.6. The summed E-state index contributed by atoms with van der Waals surface area (Å²) in [5.74, 6) is 0.198. The molecule has 3 nitrogen and oxygen atoms in total. The van der Waals surface area contributed by atoms with E-state index in [4.69, 9.17) is 0 Å². The van der Waals surface area contributed by atoms with Crippen LogP contribution in [0.25, 0.3) is 0 Å². The van der Waals surface area contributed by atoms with E-state index in [9.17, 15) is 9.90 Å². The highest BCUT2D eigenvalue weighted by molar-refractivity contribution is 5.78. The van der Waals surface area contributed by atoms with E-state index in [-0.39, 0.29) is 11.8 Å². The molecule has 0 radical (unpaired) electrons. The molecule has 120 valence electrons. The van der Waals surface area contributed by atoms with E-state index in [1.165, 1.54) is 11.1 Å². The van der Waals surface area contributed by atoms with Gasteiger partial charge in [0.25, 0.3) is 0 Å². The smallest absolute Gasteiger partial charge is 0.225 e. The topological polar surface area (TPSA) is 40.5 Å². The monoisotopic (exact) mass is 309 g/mol. The first-order chi connectivity index (χ1) is 11.0. The molecule has 0 saturated carbocycles. The molecule has 23 heavy (non-hydrogen) atoms. The third kappa shape index (κ3) is 3.15. The molecular weight excluding hydrogens is 286 g/mol. The van der Waals surface area contributed by atoms with Crippen LogP contribution in [0.5, 0.6) is 0 Å². The van der Waals surface area contributed by atoms with Gasteiger partial charge in [-0.25, -0.2) is 0 Å². The van der Waals surface area contributed by atoms with Crippen molar-refractivity contribution in [1.29, 1.82) is 0 Å². The average Bonchev–Trinajstić information content (AvgIpc) is 2.97. The van der Waals surface area contributed by atoms with Gasteiger partial charge in [-0.15, -0.1) is 0 Å². The molecule has 0 bridgehead atoms. The number of aryl methyl sites for hydroxylation is 1. The number of amides is 1. The minimum absolute atomic E-state index is 0.0157. The lowest BCUT2D eigenvalue weighted by Gasteiger charge is -2.17. The highest BCUT2D eigenvalue weighted by atomic mass is 16.3. The number of carbonyl (C=O) groups is 1. The van der Waals surface area contributed by atoms with Gasteiger partial charge in [0.2, 0.25) is 5.91 Å². The summed E-state index contributed by atoms with van der Waals surface area (Å²) >= 11 is 0. The van der Waals surface area contributed by atoms with Gasteiger partial charge in [-0.3, -0.25) is 4.79 Å². The molecule has 0 fully saturated rings. The molecule has 0 aliphatic carbocycles. The number of fused-ring (bicyclic) bond motifs is 1. The molecule has 0 saturated heterocycles. The zero-order valence-electron chi connectivity index (χ0n) is 13.9. The summed E-state index contributed by atoms with van der Waals surface area (Å²) in [6, 6.07) is 14.0. The molecule has 1 atom stereocenters. The fraction of sp³-hybridized carbons (Fsp3) is 0.350. The Hall–Kier alpha value is -2.13. The number of benzene rings is 2. The maximum absolute atomic E-state index is 12.2. The van der Waals surface area contributed by atoms with Crippen molar-refractivity contribution < 1.29 is 9.90 Å².